The van der Waals surface area contributed by atoms with Crippen molar-refractivity contribution in [3.63, 3.8) is 0 Å². The minimum Gasteiger partial charge on any atom is -0.310 e. The topological polar surface area (TPSA) is 66.5 Å². The van der Waals surface area contributed by atoms with Crippen molar-refractivity contribution in [3.05, 3.63) is 48.0 Å². The lowest BCUT2D eigenvalue weighted by Crippen LogP contribution is -2.37. The van der Waals surface area contributed by atoms with Crippen molar-refractivity contribution in [2.24, 2.45) is 0 Å². The maximum absolute atomic E-state index is 13.8. The van der Waals surface area contributed by atoms with E-state index in [9.17, 15) is 22.0 Å². The van der Waals surface area contributed by atoms with Gasteiger partial charge in [-0.25, -0.2) is 17.2 Å². The van der Waals surface area contributed by atoms with Crippen LogP contribution in [0.1, 0.15) is 13.8 Å². The summed E-state index contributed by atoms with van der Waals surface area (Å²) >= 11 is 1.54. The molecule has 5 nitrogen and oxygen atoms in total. The molecule has 1 aliphatic heterocycles. The van der Waals surface area contributed by atoms with E-state index in [4.69, 9.17) is 0 Å². The van der Waals surface area contributed by atoms with E-state index in [1.165, 1.54) is 24.0 Å². The third-order valence-electron chi connectivity index (χ3n) is 3.85. The molecule has 0 saturated heterocycles. The number of nitrogens with zero attached hydrogens (tertiary/aromatic N) is 1. The Bertz CT molecular complexity index is 980. The Hall–Kier alpha value is -2.13. The molecular weight excluding hydrogens is 382 g/mol. The fourth-order valence-corrected chi connectivity index (χ4v) is 4.83. The predicted molar refractivity (Wildman–Crippen MR) is 97.0 cm³/mol. The van der Waals surface area contributed by atoms with Gasteiger partial charge in [-0.1, -0.05) is 6.92 Å². The average Bonchev–Trinajstić information content (AvgIpc) is 2.56. The smallest absolute Gasteiger partial charge is 0.262 e. The summed E-state index contributed by atoms with van der Waals surface area (Å²) in [7, 11) is -4.15. The number of rotatable bonds is 3. The number of nitrogens with one attached hydrogen (secondary N) is 1. The molecule has 1 amide bonds. The van der Waals surface area contributed by atoms with Crippen LogP contribution in [0.2, 0.25) is 0 Å². The molecule has 9 heteroatoms. The molecule has 0 spiro atoms. The standard InChI is InChI=1S/C17H16F2N2O3S2/c1-10-9-21(11(2)22)16-8-13(4-6-17(16)25-10)26(23,24)20-15-7-12(18)3-5-14(15)19/h3-8,10,20H,9H2,1-2H3. The number of thioether (sulfide) groups is 1. The van der Waals surface area contributed by atoms with Crippen molar-refractivity contribution >= 4 is 39.1 Å². The highest BCUT2D eigenvalue weighted by Gasteiger charge is 2.27. The van der Waals surface area contributed by atoms with Crippen LogP contribution in [0.4, 0.5) is 20.2 Å². The maximum Gasteiger partial charge on any atom is 0.262 e. The lowest BCUT2D eigenvalue weighted by atomic mass is 10.2. The molecule has 2 aromatic rings. The number of carbonyl (C=O) groups is 1. The van der Waals surface area contributed by atoms with Crippen molar-refractivity contribution in [1.82, 2.24) is 0 Å². The molecule has 1 heterocycles. The van der Waals surface area contributed by atoms with E-state index in [-0.39, 0.29) is 16.1 Å². The molecule has 0 aliphatic carbocycles. The lowest BCUT2D eigenvalue weighted by Gasteiger charge is -2.32. The van der Waals surface area contributed by atoms with Gasteiger partial charge in [0, 0.05) is 29.7 Å². The number of carbonyl (C=O) groups excluding carboxylic acids is 1. The summed E-state index contributed by atoms with van der Waals surface area (Å²) in [6.07, 6.45) is 0. The van der Waals surface area contributed by atoms with Gasteiger partial charge in [-0.3, -0.25) is 9.52 Å². The second-order valence-electron chi connectivity index (χ2n) is 5.92. The summed E-state index contributed by atoms with van der Waals surface area (Å²) in [6, 6.07) is 6.87. The van der Waals surface area contributed by atoms with Crippen molar-refractivity contribution in [2.45, 2.75) is 28.9 Å². The van der Waals surface area contributed by atoms with Crippen LogP contribution in [0.25, 0.3) is 0 Å². The summed E-state index contributed by atoms with van der Waals surface area (Å²) in [6.45, 7) is 3.85. The Kier molecular flexibility index (Phi) is 4.94. The zero-order valence-corrected chi connectivity index (χ0v) is 15.6. The van der Waals surface area contributed by atoms with Crippen molar-refractivity contribution < 1.29 is 22.0 Å². The number of hydrogen-bond donors (Lipinski definition) is 1. The Morgan fingerprint density at radius 3 is 2.65 bits per heavy atom. The summed E-state index contributed by atoms with van der Waals surface area (Å²) in [5.74, 6) is -1.84. The Morgan fingerprint density at radius 2 is 1.96 bits per heavy atom. The maximum atomic E-state index is 13.8. The van der Waals surface area contributed by atoms with E-state index >= 15 is 0 Å². The first kappa shape index (κ1) is 18.7. The monoisotopic (exact) mass is 398 g/mol. The highest BCUT2D eigenvalue weighted by Crippen LogP contribution is 2.40. The lowest BCUT2D eigenvalue weighted by molar-refractivity contribution is -0.116. The van der Waals surface area contributed by atoms with Crippen LogP contribution >= 0.6 is 11.8 Å². The molecule has 26 heavy (non-hydrogen) atoms. The number of anilines is 2. The van der Waals surface area contributed by atoms with Gasteiger partial charge in [-0.15, -0.1) is 11.8 Å². The number of benzene rings is 2. The fraction of sp³-hybridized carbons (Fsp3) is 0.235. The largest absolute Gasteiger partial charge is 0.310 e. The normalized spacial score (nSPS) is 16.9. The van der Waals surface area contributed by atoms with Crippen LogP contribution in [0.15, 0.2) is 46.2 Å². The molecule has 0 aromatic heterocycles. The fourth-order valence-electron chi connectivity index (χ4n) is 2.66. The molecule has 138 valence electrons. The number of hydrogen-bond acceptors (Lipinski definition) is 4. The van der Waals surface area contributed by atoms with E-state index < -0.39 is 27.3 Å². The van der Waals surface area contributed by atoms with Crippen LogP contribution < -0.4 is 9.62 Å². The zero-order chi connectivity index (χ0) is 19.1. The number of amides is 1. The second kappa shape index (κ2) is 6.88. The first-order valence-electron chi connectivity index (χ1n) is 7.74. The Balaban J connectivity index is 2.00. The molecule has 0 saturated carbocycles. The van der Waals surface area contributed by atoms with Crippen molar-refractivity contribution in [3.8, 4) is 0 Å². The van der Waals surface area contributed by atoms with E-state index in [0.717, 1.165) is 23.1 Å². The highest BCUT2D eigenvalue weighted by molar-refractivity contribution is 8.00. The van der Waals surface area contributed by atoms with Gasteiger partial charge >= 0.3 is 0 Å². The van der Waals surface area contributed by atoms with Crippen LogP contribution in [0.5, 0.6) is 0 Å². The molecule has 0 radical (unpaired) electrons. The van der Waals surface area contributed by atoms with E-state index in [0.29, 0.717) is 12.2 Å². The molecule has 1 N–H and O–H groups in total. The van der Waals surface area contributed by atoms with Gasteiger partial charge in [0.2, 0.25) is 5.91 Å². The van der Waals surface area contributed by atoms with Crippen molar-refractivity contribution in [1.29, 1.82) is 0 Å². The summed E-state index contributed by atoms with van der Waals surface area (Å²) < 4.78 is 54.2. The molecule has 1 atom stereocenters. The Labute approximate surface area is 154 Å². The molecule has 3 rings (SSSR count). The molecule has 0 fully saturated rings. The minimum atomic E-state index is -4.15. The van der Waals surface area contributed by atoms with Crippen LogP contribution in [0.3, 0.4) is 0 Å². The zero-order valence-electron chi connectivity index (χ0n) is 14.0. The summed E-state index contributed by atoms with van der Waals surface area (Å²) in [5, 5.41) is 0.174. The first-order valence-corrected chi connectivity index (χ1v) is 10.1. The molecule has 1 aliphatic rings. The van der Waals surface area contributed by atoms with Gasteiger partial charge in [-0.05, 0) is 30.3 Å². The number of sulfonamides is 1. The van der Waals surface area contributed by atoms with Gasteiger partial charge in [0.05, 0.1) is 16.3 Å². The number of halogens is 2. The average molecular weight is 398 g/mol. The highest BCUT2D eigenvalue weighted by atomic mass is 32.2. The van der Waals surface area contributed by atoms with Crippen LogP contribution in [-0.4, -0.2) is 26.1 Å². The third-order valence-corrected chi connectivity index (χ3v) is 6.37. The molecule has 0 bridgehead atoms. The third kappa shape index (κ3) is 3.68. The van der Waals surface area contributed by atoms with Gasteiger partial charge in [0.1, 0.15) is 11.6 Å². The van der Waals surface area contributed by atoms with Crippen molar-refractivity contribution in [2.75, 3.05) is 16.2 Å². The minimum absolute atomic E-state index is 0.138. The van der Waals surface area contributed by atoms with Gasteiger partial charge in [0.15, 0.2) is 0 Å². The van der Waals surface area contributed by atoms with E-state index in [1.54, 1.807) is 17.8 Å². The molecular formula is C17H16F2N2O3S2. The first-order chi connectivity index (χ1) is 12.2. The summed E-state index contributed by atoms with van der Waals surface area (Å²) in [4.78, 5) is 14.1. The molecule has 2 aromatic carbocycles. The Morgan fingerprint density at radius 1 is 1.23 bits per heavy atom. The van der Waals surface area contributed by atoms with Gasteiger partial charge in [-0.2, -0.15) is 0 Å². The second-order valence-corrected chi connectivity index (χ2v) is 9.08. The van der Waals surface area contributed by atoms with E-state index in [1.807, 2.05) is 6.92 Å². The van der Waals surface area contributed by atoms with Gasteiger partial charge in [0.25, 0.3) is 10.0 Å². The molecule has 1 unspecified atom stereocenters. The summed E-state index contributed by atoms with van der Waals surface area (Å²) in [5.41, 5.74) is 0.0114. The van der Waals surface area contributed by atoms with E-state index in [2.05, 4.69) is 4.72 Å². The van der Waals surface area contributed by atoms with Crippen LogP contribution in [0, 0.1) is 11.6 Å². The van der Waals surface area contributed by atoms with Gasteiger partial charge < -0.3 is 4.90 Å². The number of fused-ring (bicyclic) bond motifs is 1. The SMILES string of the molecule is CC(=O)N1CC(C)Sc2ccc(S(=O)(=O)Nc3cc(F)ccc3F)cc21. The quantitative estimate of drug-likeness (QED) is 0.858. The van der Waals surface area contributed by atoms with Crippen LogP contribution in [-0.2, 0) is 14.8 Å². The predicted octanol–water partition coefficient (Wildman–Crippen LogP) is 3.61.